The maximum absolute atomic E-state index is 5.80. The average Bonchev–Trinajstić information content (AvgIpc) is 2.82. The van der Waals surface area contributed by atoms with Crippen LogP contribution in [0, 0.1) is 0 Å². The first-order valence-corrected chi connectivity index (χ1v) is 7.14. The number of nitrogens with zero attached hydrogens (tertiary/aromatic N) is 2. The Morgan fingerprint density at radius 3 is 3.06 bits per heavy atom. The van der Waals surface area contributed by atoms with Gasteiger partial charge in [-0.15, -0.1) is 0 Å². The summed E-state index contributed by atoms with van der Waals surface area (Å²) in [7, 11) is 2.01. The molecule has 1 aliphatic heterocycles. The maximum atomic E-state index is 5.80. The van der Waals surface area contributed by atoms with E-state index < -0.39 is 0 Å². The lowest BCUT2D eigenvalue weighted by molar-refractivity contribution is 0.00844. The highest BCUT2D eigenvalue weighted by molar-refractivity contribution is 5.06. The summed E-state index contributed by atoms with van der Waals surface area (Å²) < 4.78 is 7.77. The molecule has 1 N–H and O–H groups in total. The van der Waals surface area contributed by atoms with Crippen molar-refractivity contribution >= 4 is 0 Å². The molecular formula is C14H25N3O. The highest BCUT2D eigenvalue weighted by Gasteiger charge is 2.18. The standard InChI is InChI=1S/C14H25N3O/c1-3-15-13(14-9-10-16-17(14)2)8-7-12-6-4-5-11-18-12/h9-10,12-13,15H,3-8,11H2,1-2H3. The lowest BCUT2D eigenvalue weighted by Gasteiger charge is -2.25. The third kappa shape index (κ3) is 3.56. The van der Waals surface area contributed by atoms with E-state index in [1.807, 2.05) is 17.9 Å². The van der Waals surface area contributed by atoms with E-state index in [9.17, 15) is 0 Å². The van der Waals surface area contributed by atoms with Gasteiger partial charge in [0, 0.05) is 25.9 Å². The van der Waals surface area contributed by atoms with Gasteiger partial charge in [-0.3, -0.25) is 4.68 Å². The van der Waals surface area contributed by atoms with Crippen LogP contribution in [-0.2, 0) is 11.8 Å². The zero-order chi connectivity index (χ0) is 12.8. The van der Waals surface area contributed by atoms with Crippen LogP contribution in [0.1, 0.15) is 50.8 Å². The van der Waals surface area contributed by atoms with E-state index in [2.05, 4.69) is 23.4 Å². The molecule has 2 atom stereocenters. The average molecular weight is 251 g/mol. The minimum absolute atomic E-state index is 0.396. The monoisotopic (exact) mass is 251 g/mol. The fraction of sp³-hybridized carbons (Fsp3) is 0.786. The van der Waals surface area contributed by atoms with E-state index in [4.69, 9.17) is 4.74 Å². The van der Waals surface area contributed by atoms with Crippen LogP contribution in [0.15, 0.2) is 12.3 Å². The molecule has 2 rings (SSSR count). The van der Waals surface area contributed by atoms with Gasteiger partial charge in [-0.1, -0.05) is 6.92 Å². The van der Waals surface area contributed by atoms with Crippen LogP contribution in [0.4, 0.5) is 0 Å². The molecule has 0 saturated carbocycles. The van der Waals surface area contributed by atoms with Crippen molar-refractivity contribution in [3.8, 4) is 0 Å². The molecule has 1 aromatic heterocycles. The SMILES string of the molecule is CCNC(CCC1CCCCO1)c1ccnn1C. The summed E-state index contributed by atoms with van der Waals surface area (Å²) in [6.07, 6.45) is 8.38. The number of hydrogen-bond donors (Lipinski definition) is 1. The lowest BCUT2D eigenvalue weighted by Crippen LogP contribution is -2.26. The summed E-state index contributed by atoms with van der Waals surface area (Å²) >= 11 is 0. The molecule has 4 nitrogen and oxygen atoms in total. The number of hydrogen-bond acceptors (Lipinski definition) is 3. The van der Waals surface area contributed by atoms with Crippen LogP contribution in [0.2, 0.25) is 0 Å². The lowest BCUT2D eigenvalue weighted by atomic mass is 10.00. The molecule has 2 heterocycles. The fourth-order valence-corrected chi connectivity index (χ4v) is 2.71. The number of nitrogens with one attached hydrogen (secondary N) is 1. The highest BCUT2D eigenvalue weighted by atomic mass is 16.5. The summed E-state index contributed by atoms with van der Waals surface area (Å²) in [5.74, 6) is 0. The molecule has 1 saturated heterocycles. The molecule has 0 amide bonds. The van der Waals surface area contributed by atoms with Crippen molar-refractivity contribution in [3.05, 3.63) is 18.0 Å². The van der Waals surface area contributed by atoms with E-state index in [1.165, 1.54) is 25.0 Å². The first-order valence-electron chi connectivity index (χ1n) is 7.14. The summed E-state index contributed by atoms with van der Waals surface area (Å²) in [5.41, 5.74) is 1.27. The molecule has 4 heteroatoms. The first kappa shape index (κ1) is 13.6. The molecule has 102 valence electrons. The predicted octanol–water partition coefficient (Wildman–Crippen LogP) is 2.42. The molecule has 1 fully saturated rings. The van der Waals surface area contributed by atoms with Crippen molar-refractivity contribution in [2.24, 2.45) is 7.05 Å². The maximum Gasteiger partial charge on any atom is 0.0575 e. The smallest absolute Gasteiger partial charge is 0.0575 e. The van der Waals surface area contributed by atoms with Crippen molar-refractivity contribution in [1.82, 2.24) is 15.1 Å². The second-order valence-electron chi connectivity index (χ2n) is 5.06. The Hall–Kier alpha value is -0.870. The summed E-state index contributed by atoms with van der Waals surface area (Å²) in [4.78, 5) is 0. The number of ether oxygens (including phenoxy) is 1. The minimum atomic E-state index is 0.396. The number of aromatic nitrogens is 2. The molecule has 2 unspecified atom stereocenters. The Labute approximate surface area is 110 Å². The minimum Gasteiger partial charge on any atom is -0.378 e. The first-order chi connectivity index (χ1) is 8.81. The van der Waals surface area contributed by atoms with Gasteiger partial charge in [0.05, 0.1) is 11.8 Å². The molecule has 0 spiro atoms. The molecule has 0 bridgehead atoms. The van der Waals surface area contributed by atoms with Crippen molar-refractivity contribution in [1.29, 1.82) is 0 Å². The topological polar surface area (TPSA) is 39.1 Å². The summed E-state index contributed by atoms with van der Waals surface area (Å²) in [5, 5.41) is 7.81. The van der Waals surface area contributed by atoms with E-state index in [-0.39, 0.29) is 0 Å². The Morgan fingerprint density at radius 1 is 1.56 bits per heavy atom. The second-order valence-corrected chi connectivity index (χ2v) is 5.06. The van der Waals surface area contributed by atoms with Crippen molar-refractivity contribution < 1.29 is 4.74 Å². The van der Waals surface area contributed by atoms with E-state index in [0.29, 0.717) is 12.1 Å². The van der Waals surface area contributed by atoms with Crippen molar-refractivity contribution in [3.63, 3.8) is 0 Å². The molecule has 1 aliphatic rings. The predicted molar refractivity (Wildman–Crippen MR) is 72.5 cm³/mol. The molecule has 0 aliphatic carbocycles. The Balaban J connectivity index is 1.88. The van der Waals surface area contributed by atoms with Crippen LogP contribution in [-0.4, -0.2) is 29.0 Å². The normalized spacial score (nSPS) is 22.0. The van der Waals surface area contributed by atoms with Gasteiger partial charge in [0.1, 0.15) is 0 Å². The van der Waals surface area contributed by atoms with Crippen LogP contribution < -0.4 is 5.32 Å². The van der Waals surface area contributed by atoms with Gasteiger partial charge in [-0.05, 0) is 44.7 Å². The quantitative estimate of drug-likeness (QED) is 0.844. The molecule has 0 aromatic carbocycles. The van der Waals surface area contributed by atoms with E-state index >= 15 is 0 Å². The van der Waals surface area contributed by atoms with Crippen LogP contribution in [0.3, 0.4) is 0 Å². The van der Waals surface area contributed by atoms with Gasteiger partial charge in [0.15, 0.2) is 0 Å². The summed E-state index contributed by atoms with van der Waals surface area (Å²) in [6.45, 7) is 4.09. The zero-order valence-electron chi connectivity index (χ0n) is 11.6. The number of rotatable bonds is 6. The van der Waals surface area contributed by atoms with Gasteiger partial charge >= 0.3 is 0 Å². The van der Waals surface area contributed by atoms with Crippen LogP contribution in [0.25, 0.3) is 0 Å². The van der Waals surface area contributed by atoms with Gasteiger partial charge < -0.3 is 10.1 Å². The molecule has 0 radical (unpaired) electrons. The highest BCUT2D eigenvalue weighted by Crippen LogP contribution is 2.23. The molecule has 1 aromatic rings. The largest absolute Gasteiger partial charge is 0.378 e. The van der Waals surface area contributed by atoms with Gasteiger partial charge in [-0.2, -0.15) is 5.10 Å². The van der Waals surface area contributed by atoms with E-state index in [1.54, 1.807) is 0 Å². The third-order valence-electron chi connectivity index (χ3n) is 3.72. The van der Waals surface area contributed by atoms with Gasteiger partial charge in [0.25, 0.3) is 0 Å². The van der Waals surface area contributed by atoms with Crippen LogP contribution in [0.5, 0.6) is 0 Å². The van der Waals surface area contributed by atoms with Crippen molar-refractivity contribution in [2.75, 3.05) is 13.2 Å². The summed E-state index contributed by atoms with van der Waals surface area (Å²) in [6, 6.07) is 2.50. The molecular weight excluding hydrogens is 226 g/mol. The van der Waals surface area contributed by atoms with Gasteiger partial charge in [-0.25, -0.2) is 0 Å². The van der Waals surface area contributed by atoms with Gasteiger partial charge in [0.2, 0.25) is 0 Å². The fourth-order valence-electron chi connectivity index (χ4n) is 2.71. The van der Waals surface area contributed by atoms with E-state index in [0.717, 1.165) is 26.0 Å². The van der Waals surface area contributed by atoms with Crippen LogP contribution >= 0.6 is 0 Å². The second kappa shape index (κ2) is 6.90. The Bertz CT molecular complexity index is 345. The van der Waals surface area contributed by atoms with Crippen molar-refractivity contribution in [2.45, 2.75) is 51.2 Å². The Morgan fingerprint density at radius 2 is 2.44 bits per heavy atom. The molecule has 18 heavy (non-hydrogen) atoms. The zero-order valence-corrected chi connectivity index (χ0v) is 11.6. The Kier molecular flexibility index (Phi) is 5.20. The third-order valence-corrected chi connectivity index (χ3v) is 3.72. The number of aryl methyl sites for hydroxylation is 1.